The van der Waals surface area contributed by atoms with E-state index in [1.165, 1.54) is 36.0 Å². The van der Waals surface area contributed by atoms with Crippen molar-refractivity contribution in [2.24, 2.45) is 0 Å². The Hall–Kier alpha value is -1.95. The lowest BCUT2D eigenvalue weighted by Gasteiger charge is -2.20. The smallest absolute Gasteiger partial charge is 0.253 e. The number of hydrogen-bond acceptors (Lipinski definition) is 2. The van der Waals surface area contributed by atoms with E-state index in [0.29, 0.717) is 36.4 Å². The number of hydrogen-bond donors (Lipinski definition) is 0. The van der Waals surface area contributed by atoms with Crippen LogP contribution < -0.4 is 0 Å². The zero-order valence-corrected chi connectivity index (χ0v) is 13.7. The second-order valence-electron chi connectivity index (χ2n) is 5.62. The lowest BCUT2D eigenvalue weighted by atomic mass is 10.1. The summed E-state index contributed by atoms with van der Waals surface area (Å²) in [5.41, 5.74) is 0.635. The van der Waals surface area contributed by atoms with Crippen molar-refractivity contribution in [3.05, 3.63) is 71.0 Å². The van der Waals surface area contributed by atoms with Crippen molar-refractivity contribution in [1.29, 1.82) is 0 Å². The minimum Gasteiger partial charge on any atom is -0.338 e. The maximum Gasteiger partial charge on any atom is 0.253 e. The molecular weight excluding hydrogens is 335 g/mol. The molecule has 0 aromatic heterocycles. The van der Waals surface area contributed by atoms with Gasteiger partial charge < -0.3 is 4.90 Å². The first-order valence-electron chi connectivity index (χ1n) is 7.66. The number of thioether (sulfide) groups is 1. The van der Waals surface area contributed by atoms with Crippen molar-refractivity contribution in [1.82, 2.24) is 4.90 Å². The van der Waals surface area contributed by atoms with Gasteiger partial charge in [-0.3, -0.25) is 4.79 Å². The van der Waals surface area contributed by atoms with E-state index in [0.717, 1.165) is 12.1 Å². The molecule has 1 aliphatic heterocycles. The van der Waals surface area contributed by atoms with Crippen molar-refractivity contribution in [2.45, 2.75) is 11.7 Å². The van der Waals surface area contributed by atoms with Crippen molar-refractivity contribution < 1.29 is 18.0 Å². The average molecular weight is 351 g/mol. The van der Waals surface area contributed by atoms with Crippen LogP contribution in [-0.4, -0.2) is 29.6 Å². The van der Waals surface area contributed by atoms with E-state index in [2.05, 4.69) is 0 Å². The lowest BCUT2D eigenvalue weighted by molar-refractivity contribution is 0.0766. The highest BCUT2D eigenvalue weighted by Crippen LogP contribution is 2.36. The standard InChI is InChI=1S/C18H16F3NOS/c19-13-3-1-2-12(10-13)18(23)22-7-6-17(24-9-8-22)15-11-14(20)4-5-16(15)21/h1-5,10-11,17H,6-9H2. The molecule has 0 bridgehead atoms. The molecule has 1 fully saturated rings. The highest BCUT2D eigenvalue weighted by molar-refractivity contribution is 7.99. The fourth-order valence-corrected chi connectivity index (χ4v) is 4.03. The fourth-order valence-electron chi connectivity index (χ4n) is 2.79. The Morgan fingerprint density at radius 1 is 1.04 bits per heavy atom. The van der Waals surface area contributed by atoms with Crippen LogP contribution in [0.5, 0.6) is 0 Å². The Morgan fingerprint density at radius 3 is 2.62 bits per heavy atom. The highest BCUT2D eigenvalue weighted by Gasteiger charge is 2.25. The summed E-state index contributed by atoms with van der Waals surface area (Å²) < 4.78 is 40.6. The molecule has 0 N–H and O–H groups in total. The molecule has 0 saturated carbocycles. The van der Waals surface area contributed by atoms with Gasteiger partial charge in [-0.1, -0.05) is 6.07 Å². The molecule has 6 heteroatoms. The van der Waals surface area contributed by atoms with Crippen LogP contribution >= 0.6 is 11.8 Å². The zero-order chi connectivity index (χ0) is 17.1. The molecule has 1 amide bonds. The number of rotatable bonds is 2. The zero-order valence-electron chi connectivity index (χ0n) is 12.8. The van der Waals surface area contributed by atoms with Gasteiger partial charge in [0.25, 0.3) is 5.91 Å². The van der Waals surface area contributed by atoms with E-state index in [-0.39, 0.29) is 11.2 Å². The molecule has 0 aliphatic carbocycles. The molecule has 2 aromatic carbocycles. The number of benzene rings is 2. The van der Waals surface area contributed by atoms with Crippen LogP contribution in [0.15, 0.2) is 42.5 Å². The van der Waals surface area contributed by atoms with E-state index >= 15 is 0 Å². The first-order valence-corrected chi connectivity index (χ1v) is 8.71. The molecule has 1 aliphatic rings. The predicted molar refractivity (Wildman–Crippen MR) is 88.5 cm³/mol. The molecule has 1 saturated heterocycles. The van der Waals surface area contributed by atoms with Crippen LogP contribution in [0.1, 0.15) is 27.6 Å². The molecule has 1 heterocycles. The Bertz CT molecular complexity index is 753. The summed E-state index contributed by atoms with van der Waals surface area (Å²) in [6.07, 6.45) is 0.520. The van der Waals surface area contributed by atoms with Gasteiger partial charge in [-0.15, -0.1) is 0 Å². The Labute approximate surface area is 142 Å². The molecule has 24 heavy (non-hydrogen) atoms. The van der Waals surface area contributed by atoms with E-state index in [1.54, 1.807) is 11.0 Å². The van der Waals surface area contributed by atoms with E-state index in [9.17, 15) is 18.0 Å². The third-order valence-electron chi connectivity index (χ3n) is 4.01. The van der Waals surface area contributed by atoms with Crippen LogP contribution in [0.3, 0.4) is 0 Å². The first kappa shape index (κ1) is 16.9. The van der Waals surface area contributed by atoms with Gasteiger partial charge >= 0.3 is 0 Å². The third-order valence-corrected chi connectivity index (χ3v) is 5.32. The summed E-state index contributed by atoms with van der Waals surface area (Å²) in [6, 6.07) is 9.03. The van der Waals surface area contributed by atoms with Crippen LogP contribution in [0, 0.1) is 17.5 Å². The maximum atomic E-state index is 13.9. The number of carbonyl (C=O) groups excluding carboxylic acids is 1. The molecule has 1 unspecified atom stereocenters. The van der Waals surface area contributed by atoms with Crippen molar-refractivity contribution in [2.75, 3.05) is 18.8 Å². The van der Waals surface area contributed by atoms with Crippen molar-refractivity contribution in [3.63, 3.8) is 0 Å². The van der Waals surface area contributed by atoms with Crippen molar-refractivity contribution in [3.8, 4) is 0 Å². The molecule has 3 rings (SSSR count). The van der Waals surface area contributed by atoms with Gasteiger partial charge in [-0.25, -0.2) is 13.2 Å². The van der Waals surface area contributed by atoms with Gasteiger partial charge in [0, 0.05) is 35.2 Å². The van der Waals surface area contributed by atoms with E-state index in [1.807, 2.05) is 0 Å². The molecule has 2 nitrogen and oxygen atoms in total. The number of amides is 1. The largest absolute Gasteiger partial charge is 0.338 e. The van der Waals surface area contributed by atoms with Crippen LogP contribution in [0.4, 0.5) is 13.2 Å². The highest BCUT2D eigenvalue weighted by atomic mass is 32.2. The molecule has 0 radical (unpaired) electrons. The Balaban J connectivity index is 1.73. The topological polar surface area (TPSA) is 20.3 Å². The fraction of sp³-hybridized carbons (Fsp3) is 0.278. The average Bonchev–Trinajstić information content (AvgIpc) is 2.82. The summed E-state index contributed by atoms with van der Waals surface area (Å²) in [5, 5.41) is -0.203. The molecule has 2 aromatic rings. The number of carbonyl (C=O) groups is 1. The summed E-state index contributed by atoms with van der Waals surface area (Å²) in [5.74, 6) is -0.982. The van der Waals surface area contributed by atoms with Gasteiger partial charge in [0.1, 0.15) is 17.5 Å². The first-order chi connectivity index (χ1) is 11.5. The van der Waals surface area contributed by atoms with Crippen molar-refractivity contribution >= 4 is 17.7 Å². The third kappa shape index (κ3) is 3.75. The van der Waals surface area contributed by atoms with Gasteiger partial charge in [0.2, 0.25) is 0 Å². The molecule has 0 spiro atoms. The van der Waals surface area contributed by atoms with Gasteiger partial charge in [0.15, 0.2) is 0 Å². The van der Waals surface area contributed by atoms with Crippen LogP contribution in [0.25, 0.3) is 0 Å². The van der Waals surface area contributed by atoms with Crippen LogP contribution in [-0.2, 0) is 0 Å². The number of halogens is 3. The summed E-state index contributed by atoms with van der Waals surface area (Å²) in [6.45, 7) is 0.913. The van der Waals surface area contributed by atoms with E-state index in [4.69, 9.17) is 0 Å². The van der Waals surface area contributed by atoms with E-state index < -0.39 is 17.5 Å². The quantitative estimate of drug-likeness (QED) is 0.798. The summed E-state index contributed by atoms with van der Waals surface area (Å²) in [7, 11) is 0. The maximum absolute atomic E-state index is 13.9. The van der Waals surface area contributed by atoms with Gasteiger partial charge in [-0.2, -0.15) is 11.8 Å². The minimum absolute atomic E-state index is 0.203. The Kier molecular flexibility index (Phi) is 5.14. The number of nitrogens with zero attached hydrogens (tertiary/aromatic N) is 1. The van der Waals surface area contributed by atoms with Crippen LogP contribution in [0.2, 0.25) is 0 Å². The van der Waals surface area contributed by atoms with Gasteiger partial charge in [-0.05, 0) is 42.8 Å². The second-order valence-corrected chi connectivity index (χ2v) is 6.93. The molecular formula is C18H16F3NOS. The second kappa shape index (κ2) is 7.30. The summed E-state index contributed by atoms with van der Waals surface area (Å²) >= 11 is 1.50. The summed E-state index contributed by atoms with van der Waals surface area (Å²) in [4.78, 5) is 14.1. The normalized spacial score (nSPS) is 18.3. The minimum atomic E-state index is -0.469. The molecule has 1 atom stereocenters. The van der Waals surface area contributed by atoms with Gasteiger partial charge in [0.05, 0.1) is 0 Å². The SMILES string of the molecule is O=C(c1cccc(F)c1)N1CCSC(c2cc(F)ccc2F)CC1. The Morgan fingerprint density at radius 2 is 1.83 bits per heavy atom. The molecule has 126 valence electrons. The predicted octanol–water partition coefficient (Wildman–Crippen LogP) is 4.42. The monoisotopic (exact) mass is 351 g/mol. The lowest BCUT2D eigenvalue weighted by Crippen LogP contribution is -2.33.